The van der Waals surface area contributed by atoms with E-state index in [4.69, 9.17) is 18.6 Å². The van der Waals surface area contributed by atoms with Crippen LogP contribution in [0, 0.1) is 0 Å². The van der Waals surface area contributed by atoms with Crippen LogP contribution in [-0.4, -0.2) is 38.9 Å². The molecule has 0 unspecified atom stereocenters. The van der Waals surface area contributed by atoms with Crippen molar-refractivity contribution >= 4 is 12.0 Å². The Bertz CT molecular complexity index is 698. The number of nitrogens with one attached hydrogen (secondary N) is 1. The van der Waals surface area contributed by atoms with Crippen molar-refractivity contribution in [1.82, 2.24) is 5.32 Å². The highest BCUT2D eigenvalue weighted by atomic mass is 16.5. The van der Waals surface area contributed by atoms with Crippen LogP contribution in [0.5, 0.6) is 17.2 Å². The molecule has 0 radical (unpaired) electrons. The highest BCUT2D eigenvalue weighted by molar-refractivity contribution is 5.91. The van der Waals surface area contributed by atoms with Gasteiger partial charge in [0.25, 0.3) is 0 Å². The van der Waals surface area contributed by atoms with E-state index in [-0.39, 0.29) is 12.5 Å². The second-order valence-electron chi connectivity index (χ2n) is 5.11. The van der Waals surface area contributed by atoms with Gasteiger partial charge in [0.2, 0.25) is 11.7 Å². The lowest BCUT2D eigenvalue weighted by Crippen LogP contribution is -2.26. The van der Waals surface area contributed by atoms with E-state index in [0.29, 0.717) is 28.4 Å². The molecule has 0 saturated heterocycles. The van der Waals surface area contributed by atoms with E-state index in [9.17, 15) is 9.90 Å². The number of methoxy groups -OCH3 is 3. The van der Waals surface area contributed by atoms with Gasteiger partial charge < -0.3 is 29.1 Å². The molecule has 1 aromatic carbocycles. The molecule has 1 amide bonds. The third-order valence-corrected chi connectivity index (χ3v) is 3.51. The van der Waals surface area contributed by atoms with Crippen molar-refractivity contribution in [2.24, 2.45) is 0 Å². The Morgan fingerprint density at radius 1 is 1.24 bits per heavy atom. The van der Waals surface area contributed by atoms with Gasteiger partial charge in [-0.2, -0.15) is 0 Å². The summed E-state index contributed by atoms with van der Waals surface area (Å²) in [4.78, 5) is 11.9. The fraction of sp³-hybridized carbons (Fsp3) is 0.278. The van der Waals surface area contributed by atoms with Crippen molar-refractivity contribution in [2.45, 2.75) is 6.10 Å². The van der Waals surface area contributed by atoms with E-state index in [1.165, 1.54) is 39.9 Å². The van der Waals surface area contributed by atoms with Crippen molar-refractivity contribution in [2.75, 3.05) is 27.9 Å². The number of carbonyl (C=O) groups is 1. The number of rotatable bonds is 8. The lowest BCUT2D eigenvalue weighted by atomic mass is 10.1. The van der Waals surface area contributed by atoms with Crippen LogP contribution in [0.15, 0.2) is 41.2 Å². The van der Waals surface area contributed by atoms with Gasteiger partial charge in [-0.1, -0.05) is 0 Å². The number of furan rings is 1. The normalized spacial score (nSPS) is 12.0. The molecule has 0 saturated carbocycles. The molecule has 0 spiro atoms. The minimum absolute atomic E-state index is 0.0813. The number of hydrogen-bond donors (Lipinski definition) is 2. The molecule has 0 aliphatic carbocycles. The van der Waals surface area contributed by atoms with Crippen LogP contribution >= 0.6 is 0 Å². The molecule has 0 aliphatic rings. The van der Waals surface area contributed by atoms with Crippen LogP contribution in [0.2, 0.25) is 0 Å². The van der Waals surface area contributed by atoms with E-state index in [0.717, 1.165) is 0 Å². The molecule has 0 fully saturated rings. The largest absolute Gasteiger partial charge is 0.493 e. The number of aliphatic hydroxyl groups excluding tert-OH is 1. The molecule has 0 aliphatic heterocycles. The highest BCUT2D eigenvalue weighted by Crippen LogP contribution is 2.38. The van der Waals surface area contributed by atoms with E-state index in [1.807, 2.05) is 0 Å². The Hall–Kier alpha value is -2.93. The van der Waals surface area contributed by atoms with E-state index in [1.54, 1.807) is 24.3 Å². The lowest BCUT2D eigenvalue weighted by Gasteiger charge is -2.12. The Balaban J connectivity index is 2.01. The molecule has 0 bridgehead atoms. The summed E-state index contributed by atoms with van der Waals surface area (Å²) in [6.45, 7) is 0.0813. The maximum absolute atomic E-state index is 11.9. The number of ether oxygens (including phenoxy) is 3. The first-order chi connectivity index (χ1) is 12.1. The first-order valence-corrected chi connectivity index (χ1v) is 7.55. The highest BCUT2D eigenvalue weighted by Gasteiger charge is 2.12. The molecular weight excluding hydrogens is 326 g/mol. The predicted molar refractivity (Wildman–Crippen MR) is 91.8 cm³/mol. The number of hydrogen-bond acceptors (Lipinski definition) is 6. The Morgan fingerprint density at radius 3 is 2.44 bits per heavy atom. The first-order valence-electron chi connectivity index (χ1n) is 7.55. The van der Waals surface area contributed by atoms with Crippen LogP contribution in [0.1, 0.15) is 17.2 Å². The molecule has 1 atom stereocenters. The summed E-state index contributed by atoms with van der Waals surface area (Å²) in [6.07, 6.45) is 5.05. The van der Waals surface area contributed by atoms with Crippen molar-refractivity contribution in [3.8, 4) is 17.2 Å². The molecule has 7 heteroatoms. The SMILES string of the molecule is COc1cc(/C=C/C(=O)NC[C@@H](O)c2ccoc2)cc(OC)c1OC. The summed E-state index contributed by atoms with van der Waals surface area (Å²) in [5.41, 5.74) is 1.31. The van der Waals surface area contributed by atoms with Crippen molar-refractivity contribution in [3.05, 3.63) is 47.9 Å². The monoisotopic (exact) mass is 347 g/mol. The second kappa shape index (κ2) is 8.79. The van der Waals surface area contributed by atoms with E-state index >= 15 is 0 Å². The van der Waals surface area contributed by atoms with Gasteiger partial charge in [-0.05, 0) is 29.8 Å². The van der Waals surface area contributed by atoms with Gasteiger partial charge in [0, 0.05) is 18.2 Å². The number of carbonyl (C=O) groups excluding carboxylic acids is 1. The number of aliphatic hydroxyl groups is 1. The van der Waals surface area contributed by atoms with Gasteiger partial charge >= 0.3 is 0 Å². The van der Waals surface area contributed by atoms with Gasteiger partial charge in [0.05, 0.1) is 40.0 Å². The summed E-state index contributed by atoms with van der Waals surface area (Å²) < 4.78 is 20.7. The summed E-state index contributed by atoms with van der Waals surface area (Å²) in [5.74, 6) is 1.14. The molecule has 1 aromatic heterocycles. The molecule has 2 aromatic rings. The minimum atomic E-state index is -0.822. The van der Waals surface area contributed by atoms with Gasteiger partial charge in [0.15, 0.2) is 11.5 Å². The zero-order valence-electron chi connectivity index (χ0n) is 14.3. The van der Waals surface area contributed by atoms with Crippen molar-refractivity contribution < 1.29 is 28.5 Å². The molecule has 25 heavy (non-hydrogen) atoms. The van der Waals surface area contributed by atoms with Gasteiger partial charge in [-0.15, -0.1) is 0 Å². The van der Waals surface area contributed by atoms with E-state index < -0.39 is 6.10 Å². The van der Waals surface area contributed by atoms with Gasteiger partial charge in [-0.3, -0.25) is 4.79 Å². The zero-order valence-corrected chi connectivity index (χ0v) is 14.3. The quantitative estimate of drug-likeness (QED) is 0.711. The third kappa shape index (κ3) is 4.77. The summed E-state index contributed by atoms with van der Waals surface area (Å²) in [7, 11) is 4.57. The fourth-order valence-corrected chi connectivity index (χ4v) is 2.21. The predicted octanol–water partition coefficient (Wildman–Crippen LogP) is 2.17. The molecule has 2 rings (SSSR count). The Labute approximate surface area is 145 Å². The van der Waals surface area contributed by atoms with E-state index in [2.05, 4.69) is 5.32 Å². The molecule has 2 N–H and O–H groups in total. The average Bonchev–Trinajstić information content (AvgIpc) is 3.18. The van der Waals surface area contributed by atoms with Crippen molar-refractivity contribution in [3.63, 3.8) is 0 Å². The molecule has 1 heterocycles. The van der Waals surface area contributed by atoms with Crippen LogP contribution in [0.4, 0.5) is 0 Å². The smallest absolute Gasteiger partial charge is 0.244 e. The van der Waals surface area contributed by atoms with Crippen molar-refractivity contribution in [1.29, 1.82) is 0 Å². The Morgan fingerprint density at radius 2 is 1.92 bits per heavy atom. The number of amides is 1. The summed E-state index contributed by atoms with van der Waals surface area (Å²) in [6, 6.07) is 5.10. The lowest BCUT2D eigenvalue weighted by molar-refractivity contribution is -0.116. The number of benzene rings is 1. The van der Waals surface area contributed by atoms with Crippen LogP contribution in [-0.2, 0) is 4.79 Å². The van der Waals surface area contributed by atoms with Gasteiger partial charge in [0.1, 0.15) is 0 Å². The second-order valence-corrected chi connectivity index (χ2v) is 5.11. The first kappa shape index (κ1) is 18.4. The average molecular weight is 347 g/mol. The van der Waals surface area contributed by atoms with Gasteiger partial charge in [-0.25, -0.2) is 0 Å². The molecular formula is C18H21NO6. The van der Waals surface area contributed by atoms with Crippen LogP contribution in [0.3, 0.4) is 0 Å². The summed E-state index contributed by atoms with van der Waals surface area (Å²) in [5, 5.41) is 12.5. The Kier molecular flexibility index (Phi) is 6.47. The maximum atomic E-state index is 11.9. The minimum Gasteiger partial charge on any atom is -0.493 e. The molecule has 134 valence electrons. The fourth-order valence-electron chi connectivity index (χ4n) is 2.21. The molecule has 7 nitrogen and oxygen atoms in total. The standard InChI is InChI=1S/C18H21NO6/c1-22-15-8-12(9-16(23-2)18(15)24-3)4-5-17(21)19-10-14(20)13-6-7-25-11-13/h4-9,11,14,20H,10H2,1-3H3,(H,19,21)/b5-4+/t14-/m1/s1. The summed E-state index contributed by atoms with van der Waals surface area (Å²) >= 11 is 0. The van der Waals surface area contributed by atoms with Crippen LogP contribution in [0.25, 0.3) is 6.08 Å². The maximum Gasteiger partial charge on any atom is 0.244 e. The third-order valence-electron chi connectivity index (χ3n) is 3.51. The topological polar surface area (TPSA) is 90.2 Å². The zero-order chi connectivity index (χ0) is 18.2. The van der Waals surface area contributed by atoms with Crippen LogP contribution < -0.4 is 19.5 Å².